The van der Waals surface area contributed by atoms with E-state index < -0.39 is 11.9 Å². The molecule has 1 aromatic rings. The second-order valence-electron chi connectivity index (χ2n) is 4.91. The number of likely N-dealkylation sites (tertiary alicyclic amines) is 1. The minimum Gasteiger partial charge on any atom is -0.367 e. The van der Waals surface area contributed by atoms with Gasteiger partial charge in [0.1, 0.15) is 11.5 Å². The van der Waals surface area contributed by atoms with Crippen LogP contribution in [0.25, 0.3) is 0 Å². The van der Waals surface area contributed by atoms with Crippen molar-refractivity contribution < 1.29 is 13.2 Å². The molecule has 1 aromatic heterocycles. The average molecular weight is 285 g/mol. The number of aromatic nitrogens is 1. The van der Waals surface area contributed by atoms with Gasteiger partial charge in [-0.1, -0.05) is 12.1 Å². The van der Waals surface area contributed by atoms with Gasteiger partial charge in [0.25, 0.3) is 0 Å². The molecule has 2 rings (SSSR count). The smallest absolute Gasteiger partial charge is 0.367 e. The maximum absolute atomic E-state index is 12.6. The molecule has 0 unspecified atom stereocenters. The predicted molar refractivity (Wildman–Crippen MR) is 72.5 cm³/mol. The average Bonchev–Trinajstić information content (AvgIpc) is 2.41. The van der Waals surface area contributed by atoms with Gasteiger partial charge in [-0.15, -0.1) is 6.58 Å². The summed E-state index contributed by atoms with van der Waals surface area (Å²) in [6.07, 6.45) is -0.745. The van der Waals surface area contributed by atoms with E-state index in [2.05, 4.69) is 21.8 Å². The lowest BCUT2D eigenvalue weighted by Gasteiger charge is -2.31. The molecule has 0 bridgehead atoms. The molecule has 1 N–H and O–H groups in total. The van der Waals surface area contributed by atoms with Gasteiger partial charge in [0.05, 0.1) is 0 Å². The molecule has 0 spiro atoms. The van der Waals surface area contributed by atoms with Crippen molar-refractivity contribution in [3.63, 3.8) is 0 Å². The van der Waals surface area contributed by atoms with Gasteiger partial charge in [-0.05, 0) is 25.0 Å². The number of rotatable bonds is 4. The van der Waals surface area contributed by atoms with Crippen LogP contribution in [0.2, 0.25) is 0 Å². The van der Waals surface area contributed by atoms with Crippen LogP contribution in [-0.2, 0) is 6.18 Å². The summed E-state index contributed by atoms with van der Waals surface area (Å²) in [5.41, 5.74) is -0.855. The minimum atomic E-state index is -4.40. The molecule has 0 radical (unpaired) electrons. The van der Waals surface area contributed by atoms with Crippen LogP contribution in [0.3, 0.4) is 0 Å². The second-order valence-corrected chi connectivity index (χ2v) is 4.91. The minimum absolute atomic E-state index is 0.173. The molecule has 0 atom stereocenters. The highest BCUT2D eigenvalue weighted by atomic mass is 19.4. The summed E-state index contributed by atoms with van der Waals surface area (Å²) in [7, 11) is 0. The SMILES string of the molecule is C=CCN1CCC(Nc2cccc(C(F)(F)F)n2)CC1. The molecule has 2 heterocycles. The number of nitrogens with one attached hydrogen (secondary N) is 1. The molecule has 3 nitrogen and oxygen atoms in total. The standard InChI is InChI=1S/C14H18F3N3/c1-2-8-20-9-6-11(7-10-20)18-13-5-3-4-12(19-13)14(15,16)17/h2-5,11H,1,6-10H2,(H,18,19). The molecule has 0 aliphatic carbocycles. The van der Waals surface area contributed by atoms with Crippen molar-refractivity contribution >= 4 is 5.82 Å². The number of anilines is 1. The fraction of sp³-hybridized carbons (Fsp3) is 0.500. The first-order valence-electron chi connectivity index (χ1n) is 6.63. The molecule has 0 amide bonds. The molecule has 1 aliphatic heterocycles. The van der Waals surface area contributed by atoms with Crippen molar-refractivity contribution in [3.8, 4) is 0 Å². The number of alkyl halides is 3. The summed E-state index contributed by atoms with van der Waals surface area (Å²) in [6.45, 7) is 6.39. The van der Waals surface area contributed by atoms with Crippen molar-refractivity contribution in [2.75, 3.05) is 25.0 Å². The Labute approximate surface area is 116 Å². The quantitative estimate of drug-likeness (QED) is 0.861. The number of pyridine rings is 1. The summed E-state index contributed by atoms with van der Waals surface area (Å²) in [5, 5.41) is 3.09. The largest absolute Gasteiger partial charge is 0.433 e. The van der Waals surface area contributed by atoms with Gasteiger partial charge in [0.15, 0.2) is 0 Å². The third-order valence-electron chi connectivity index (χ3n) is 3.37. The summed E-state index contributed by atoms with van der Waals surface area (Å²) in [5.74, 6) is 0.294. The molecule has 1 saturated heterocycles. The van der Waals surface area contributed by atoms with E-state index in [4.69, 9.17) is 0 Å². The first-order chi connectivity index (χ1) is 9.49. The van der Waals surface area contributed by atoms with Crippen molar-refractivity contribution in [2.24, 2.45) is 0 Å². The van der Waals surface area contributed by atoms with Gasteiger partial charge in [-0.25, -0.2) is 4.98 Å². The van der Waals surface area contributed by atoms with Crippen molar-refractivity contribution in [2.45, 2.75) is 25.1 Å². The van der Waals surface area contributed by atoms with Crippen LogP contribution in [0.15, 0.2) is 30.9 Å². The van der Waals surface area contributed by atoms with E-state index in [0.29, 0.717) is 5.82 Å². The number of piperidine rings is 1. The molecule has 6 heteroatoms. The van der Waals surface area contributed by atoms with E-state index in [1.807, 2.05) is 6.08 Å². The normalized spacial score (nSPS) is 17.9. The van der Waals surface area contributed by atoms with Crippen LogP contribution in [-0.4, -0.2) is 35.6 Å². The Morgan fingerprint density at radius 3 is 2.65 bits per heavy atom. The maximum atomic E-state index is 12.6. The lowest BCUT2D eigenvalue weighted by atomic mass is 10.1. The highest BCUT2D eigenvalue weighted by molar-refractivity contribution is 5.37. The number of hydrogen-bond donors (Lipinski definition) is 1. The predicted octanol–water partition coefficient (Wildman–Crippen LogP) is 3.16. The van der Waals surface area contributed by atoms with Crippen LogP contribution in [0.4, 0.5) is 19.0 Å². The number of nitrogens with zero attached hydrogens (tertiary/aromatic N) is 2. The first kappa shape index (κ1) is 14.8. The summed E-state index contributed by atoms with van der Waals surface area (Å²) < 4.78 is 37.7. The number of halogens is 3. The second kappa shape index (κ2) is 6.26. The van der Waals surface area contributed by atoms with Crippen molar-refractivity contribution in [1.82, 2.24) is 9.88 Å². The zero-order valence-electron chi connectivity index (χ0n) is 11.2. The van der Waals surface area contributed by atoms with E-state index in [1.54, 1.807) is 6.07 Å². The van der Waals surface area contributed by atoms with Gasteiger partial charge in [0.2, 0.25) is 0 Å². The van der Waals surface area contributed by atoms with Crippen molar-refractivity contribution in [3.05, 3.63) is 36.5 Å². The Hall–Kier alpha value is -1.56. The third kappa shape index (κ3) is 3.96. The van der Waals surface area contributed by atoms with Crippen LogP contribution >= 0.6 is 0 Å². The zero-order valence-corrected chi connectivity index (χ0v) is 11.2. The lowest BCUT2D eigenvalue weighted by molar-refractivity contribution is -0.141. The fourth-order valence-corrected chi connectivity index (χ4v) is 2.32. The molecule has 1 aliphatic rings. The van der Waals surface area contributed by atoms with E-state index in [-0.39, 0.29) is 6.04 Å². The highest BCUT2D eigenvalue weighted by Gasteiger charge is 2.32. The van der Waals surface area contributed by atoms with E-state index >= 15 is 0 Å². The molecule has 0 aromatic carbocycles. The highest BCUT2D eigenvalue weighted by Crippen LogP contribution is 2.28. The molecular formula is C14H18F3N3. The van der Waals surface area contributed by atoms with Crippen LogP contribution in [0.5, 0.6) is 0 Å². The monoisotopic (exact) mass is 285 g/mol. The van der Waals surface area contributed by atoms with Crippen LogP contribution in [0.1, 0.15) is 18.5 Å². The van der Waals surface area contributed by atoms with Crippen LogP contribution < -0.4 is 5.32 Å². The Morgan fingerprint density at radius 2 is 2.05 bits per heavy atom. The van der Waals surface area contributed by atoms with Crippen molar-refractivity contribution in [1.29, 1.82) is 0 Å². The fourth-order valence-electron chi connectivity index (χ4n) is 2.32. The number of hydrogen-bond acceptors (Lipinski definition) is 3. The van der Waals surface area contributed by atoms with Gasteiger partial charge >= 0.3 is 6.18 Å². The Balaban J connectivity index is 1.93. The van der Waals surface area contributed by atoms with Gasteiger partial charge in [-0.3, -0.25) is 4.90 Å². The Morgan fingerprint density at radius 1 is 1.35 bits per heavy atom. The summed E-state index contributed by atoms with van der Waals surface area (Å²) >= 11 is 0. The van der Waals surface area contributed by atoms with Gasteiger partial charge in [0, 0.05) is 25.7 Å². The van der Waals surface area contributed by atoms with Crippen LogP contribution in [0, 0.1) is 0 Å². The van der Waals surface area contributed by atoms with E-state index in [0.717, 1.165) is 38.5 Å². The molecule has 20 heavy (non-hydrogen) atoms. The molecule has 0 saturated carbocycles. The molecular weight excluding hydrogens is 267 g/mol. The zero-order chi connectivity index (χ0) is 14.6. The lowest BCUT2D eigenvalue weighted by Crippen LogP contribution is -2.39. The summed E-state index contributed by atoms with van der Waals surface area (Å²) in [6, 6.07) is 4.11. The van der Waals surface area contributed by atoms with Gasteiger partial charge < -0.3 is 5.32 Å². The van der Waals surface area contributed by atoms with E-state index in [9.17, 15) is 13.2 Å². The molecule has 110 valence electrons. The topological polar surface area (TPSA) is 28.2 Å². The van der Waals surface area contributed by atoms with E-state index in [1.165, 1.54) is 6.07 Å². The Kier molecular flexibility index (Phi) is 4.65. The summed E-state index contributed by atoms with van der Waals surface area (Å²) in [4.78, 5) is 5.90. The Bertz CT molecular complexity index is 451. The first-order valence-corrected chi connectivity index (χ1v) is 6.63. The third-order valence-corrected chi connectivity index (χ3v) is 3.37. The maximum Gasteiger partial charge on any atom is 0.433 e. The van der Waals surface area contributed by atoms with Gasteiger partial charge in [-0.2, -0.15) is 13.2 Å². The molecule has 1 fully saturated rings.